The zero-order valence-electron chi connectivity index (χ0n) is 15.3. The van der Waals surface area contributed by atoms with Crippen LogP contribution in [-0.2, 0) is 17.7 Å². The fourth-order valence-corrected chi connectivity index (χ4v) is 3.54. The molecule has 0 aliphatic carbocycles. The van der Waals surface area contributed by atoms with Gasteiger partial charge in [0.25, 0.3) is 0 Å². The highest BCUT2D eigenvalue weighted by molar-refractivity contribution is 5.90. The molecule has 1 unspecified atom stereocenters. The van der Waals surface area contributed by atoms with E-state index in [-0.39, 0.29) is 12.1 Å². The Hall–Kier alpha value is -2.57. The number of carbonyl (C=O) groups is 1. The standard InChI is InChI=1S/C21H25N3O3/c25-21(22-18-13-16-5-2-4-8-20(16)27-15-18)23-19-7-3-1-6-17(19)14-24-9-11-26-12-10-24/h1-8,18H,9-15H2,(H2,22,23,25). The van der Waals surface area contributed by atoms with Gasteiger partial charge in [0.15, 0.2) is 0 Å². The average Bonchev–Trinajstić information content (AvgIpc) is 2.70. The number of ether oxygens (including phenoxy) is 2. The SMILES string of the molecule is O=C(Nc1ccccc1CN1CCOCC1)NC1COc2ccccc2C1. The predicted molar refractivity (Wildman–Crippen MR) is 104 cm³/mol. The molecule has 142 valence electrons. The molecule has 0 aromatic heterocycles. The van der Waals surface area contributed by atoms with Crippen LogP contribution in [0.3, 0.4) is 0 Å². The minimum atomic E-state index is -0.197. The van der Waals surface area contributed by atoms with Crippen molar-refractivity contribution in [2.24, 2.45) is 0 Å². The third kappa shape index (κ3) is 4.59. The van der Waals surface area contributed by atoms with Crippen molar-refractivity contribution < 1.29 is 14.3 Å². The topological polar surface area (TPSA) is 62.8 Å². The first kappa shape index (κ1) is 17.8. The van der Waals surface area contributed by atoms with Gasteiger partial charge in [-0.25, -0.2) is 4.79 Å². The van der Waals surface area contributed by atoms with Crippen LogP contribution in [-0.4, -0.2) is 49.9 Å². The maximum Gasteiger partial charge on any atom is 0.319 e. The van der Waals surface area contributed by atoms with Gasteiger partial charge in [0.05, 0.1) is 19.3 Å². The molecule has 0 bridgehead atoms. The molecule has 2 aromatic carbocycles. The second-order valence-electron chi connectivity index (χ2n) is 6.96. The number of urea groups is 1. The fraction of sp³-hybridized carbons (Fsp3) is 0.381. The summed E-state index contributed by atoms with van der Waals surface area (Å²) in [5.74, 6) is 0.909. The maximum absolute atomic E-state index is 12.5. The summed E-state index contributed by atoms with van der Waals surface area (Å²) in [5, 5.41) is 6.04. The minimum absolute atomic E-state index is 0.0358. The van der Waals surface area contributed by atoms with E-state index in [2.05, 4.69) is 21.6 Å². The Bertz CT molecular complexity index is 790. The summed E-state index contributed by atoms with van der Waals surface area (Å²) in [7, 11) is 0. The Kier molecular flexibility index (Phi) is 5.55. The van der Waals surface area contributed by atoms with Gasteiger partial charge in [0.2, 0.25) is 0 Å². The normalized spacial score (nSPS) is 19.6. The van der Waals surface area contributed by atoms with Crippen LogP contribution >= 0.6 is 0 Å². The zero-order chi connectivity index (χ0) is 18.5. The Labute approximate surface area is 159 Å². The van der Waals surface area contributed by atoms with Gasteiger partial charge >= 0.3 is 6.03 Å². The molecule has 2 aliphatic heterocycles. The van der Waals surface area contributed by atoms with Gasteiger partial charge in [0.1, 0.15) is 12.4 Å². The first-order valence-electron chi connectivity index (χ1n) is 9.44. The van der Waals surface area contributed by atoms with Crippen molar-refractivity contribution in [1.29, 1.82) is 0 Å². The zero-order valence-corrected chi connectivity index (χ0v) is 15.3. The first-order chi connectivity index (χ1) is 13.3. The number of benzene rings is 2. The van der Waals surface area contributed by atoms with E-state index in [4.69, 9.17) is 9.47 Å². The van der Waals surface area contributed by atoms with E-state index >= 15 is 0 Å². The van der Waals surface area contributed by atoms with E-state index in [1.54, 1.807) is 0 Å². The van der Waals surface area contributed by atoms with Crippen LogP contribution in [0.4, 0.5) is 10.5 Å². The Morgan fingerprint density at radius 3 is 2.74 bits per heavy atom. The lowest BCUT2D eigenvalue weighted by atomic mass is 10.0. The molecule has 1 saturated heterocycles. The predicted octanol–water partition coefficient (Wildman–Crippen LogP) is 2.64. The lowest BCUT2D eigenvalue weighted by Gasteiger charge is -2.28. The van der Waals surface area contributed by atoms with Crippen LogP contribution in [0.25, 0.3) is 0 Å². The van der Waals surface area contributed by atoms with Gasteiger partial charge in [-0.15, -0.1) is 0 Å². The monoisotopic (exact) mass is 367 g/mol. The van der Waals surface area contributed by atoms with Crippen LogP contribution < -0.4 is 15.4 Å². The lowest BCUT2D eigenvalue weighted by Crippen LogP contribution is -2.44. The fourth-order valence-electron chi connectivity index (χ4n) is 3.54. The van der Waals surface area contributed by atoms with Gasteiger partial charge in [-0.1, -0.05) is 36.4 Å². The molecule has 1 atom stereocenters. The molecular weight excluding hydrogens is 342 g/mol. The Balaban J connectivity index is 1.36. The van der Waals surface area contributed by atoms with Crippen LogP contribution in [0, 0.1) is 0 Å². The van der Waals surface area contributed by atoms with E-state index < -0.39 is 0 Å². The van der Waals surface area contributed by atoms with Crippen molar-refractivity contribution in [1.82, 2.24) is 10.2 Å². The van der Waals surface area contributed by atoms with Gasteiger partial charge in [-0.05, 0) is 29.7 Å². The number of rotatable bonds is 4. The van der Waals surface area contributed by atoms with Crippen LogP contribution in [0.15, 0.2) is 48.5 Å². The second-order valence-corrected chi connectivity index (χ2v) is 6.96. The Morgan fingerprint density at radius 2 is 1.85 bits per heavy atom. The quantitative estimate of drug-likeness (QED) is 0.872. The molecule has 27 heavy (non-hydrogen) atoms. The number of nitrogens with zero attached hydrogens (tertiary/aromatic N) is 1. The highest BCUT2D eigenvalue weighted by Crippen LogP contribution is 2.24. The van der Waals surface area contributed by atoms with Crippen molar-refractivity contribution in [2.75, 3.05) is 38.2 Å². The molecule has 2 amide bonds. The average molecular weight is 367 g/mol. The molecule has 4 rings (SSSR count). The van der Waals surface area contributed by atoms with E-state index in [1.165, 1.54) is 0 Å². The molecule has 2 heterocycles. The highest BCUT2D eigenvalue weighted by Gasteiger charge is 2.21. The van der Waals surface area contributed by atoms with Crippen molar-refractivity contribution in [3.05, 3.63) is 59.7 Å². The molecule has 2 aliphatic rings. The molecule has 2 N–H and O–H groups in total. The third-order valence-corrected chi connectivity index (χ3v) is 4.98. The largest absolute Gasteiger partial charge is 0.491 e. The summed E-state index contributed by atoms with van der Waals surface area (Å²) in [6, 6.07) is 15.7. The maximum atomic E-state index is 12.5. The second kappa shape index (κ2) is 8.41. The van der Waals surface area contributed by atoms with E-state index in [0.717, 1.165) is 61.8 Å². The number of fused-ring (bicyclic) bond motifs is 1. The van der Waals surface area contributed by atoms with Crippen LogP contribution in [0.1, 0.15) is 11.1 Å². The molecule has 6 nitrogen and oxygen atoms in total. The number of carbonyl (C=O) groups excluding carboxylic acids is 1. The molecule has 1 fully saturated rings. The lowest BCUT2D eigenvalue weighted by molar-refractivity contribution is 0.0343. The summed E-state index contributed by atoms with van der Waals surface area (Å²) in [5.41, 5.74) is 3.08. The number of amides is 2. The summed E-state index contributed by atoms with van der Waals surface area (Å²) in [4.78, 5) is 14.9. The van der Waals surface area contributed by atoms with E-state index in [0.29, 0.717) is 6.61 Å². The molecular formula is C21H25N3O3. The van der Waals surface area contributed by atoms with Gasteiger partial charge in [-0.2, -0.15) is 0 Å². The molecule has 6 heteroatoms. The van der Waals surface area contributed by atoms with Crippen LogP contribution in [0.2, 0.25) is 0 Å². The van der Waals surface area contributed by atoms with E-state index in [1.807, 2.05) is 42.5 Å². The van der Waals surface area contributed by atoms with Crippen LogP contribution in [0.5, 0.6) is 5.75 Å². The smallest absolute Gasteiger partial charge is 0.319 e. The van der Waals surface area contributed by atoms with E-state index in [9.17, 15) is 4.79 Å². The number of nitrogens with one attached hydrogen (secondary N) is 2. The van der Waals surface area contributed by atoms with Crippen molar-refractivity contribution >= 4 is 11.7 Å². The van der Waals surface area contributed by atoms with Gasteiger partial charge in [-0.3, -0.25) is 4.90 Å². The molecule has 2 aromatic rings. The van der Waals surface area contributed by atoms with Crippen molar-refractivity contribution in [3.8, 4) is 5.75 Å². The van der Waals surface area contributed by atoms with Gasteiger partial charge in [0, 0.05) is 25.3 Å². The summed E-state index contributed by atoms with van der Waals surface area (Å²) >= 11 is 0. The number of hydrogen-bond acceptors (Lipinski definition) is 4. The molecule has 0 radical (unpaired) electrons. The number of para-hydroxylation sites is 2. The molecule has 0 spiro atoms. The van der Waals surface area contributed by atoms with Gasteiger partial charge < -0.3 is 20.1 Å². The third-order valence-electron chi connectivity index (χ3n) is 4.98. The Morgan fingerprint density at radius 1 is 1.07 bits per heavy atom. The summed E-state index contributed by atoms with van der Waals surface area (Å²) in [6.45, 7) is 4.65. The molecule has 0 saturated carbocycles. The first-order valence-corrected chi connectivity index (χ1v) is 9.44. The summed E-state index contributed by atoms with van der Waals surface area (Å²) in [6.07, 6.45) is 0.777. The van der Waals surface area contributed by atoms with Crippen molar-refractivity contribution in [2.45, 2.75) is 19.0 Å². The van der Waals surface area contributed by atoms with Crippen molar-refractivity contribution in [3.63, 3.8) is 0 Å². The minimum Gasteiger partial charge on any atom is -0.491 e. The highest BCUT2D eigenvalue weighted by atomic mass is 16.5. The number of morpholine rings is 1. The summed E-state index contributed by atoms with van der Waals surface area (Å²) < 4.78 is 11.2. The number of hydrogen-bond donors (Lipinski definition) is 2. The number of anilines is 1.